The second-order valence-electron chi connectivity index (χ2n) is 4.38. The van der Waals surface area contributed by atoms with E-state index in [2.05, 4.69) is 36.5 Å². The maximum atomic E-state index is 6.26. The summed E-state index contributed by atoms with van der Waals surface area (Å²) in [5.41, 5.74) is 9.90. The van der Waals surface area contributed by atoms with Crippen molar-refractivity contribution in [2.45, 2.75) is 32.7 Å². The highest BCUT2D eigenvalue weighted by atomic mass is 32.1. The van der Waals surface area contributed by atoms with E-state index in [0.717, 1.165) is 18.5 Å². The third-order valence-electron chi connectivity index (χ3n) is 3.06. The molecule has 0 aliphatic rings. The van der Waals surface area contributed by atoms with Gasteiger partial charge in [-0.1, -0.05) is 6.92 Å². The van der Waals surface area contributed by atoms with Gasteiger partial charge < -0.3 is 5.73 Å². The van der Waals surface area contributed by atoms with Crippen molar-refractivity contribution in [3.05, 3.63) is 39.3 Å². The van der Waals surface area contributed by atoms with Gasteiger partial charge in [-0.2, -0.15) is 5.10 Å². The van der Waals surface area contributed by atoms with Gasteiger partial charge in [-0.25, -0.2) is 0 Å². The molecule has 0 aromatic carbocycles. The van der Waals surface area contributed by atoms with E-state index in [1.807, 2.05) is 11.7 Å². The summed E-state index contributed by atoms with van der Waals surface area (Å²) in [6, 6.07) is 4.36. The van der Waals surface area contributed by atoms with E-state index >= 15 is 0 Å². The van der Waals surface area contributed by atoms with Crippen LogP contribution in [0, 0.1) is 6.92 Å². The number of hydrogen-bond donors (Lipinski definition) is 1. The first-order valence-electron chi connectivity index (χ1n) is 5.93. The van der Waals surface area contributed by atoms with Crippen LogP contribution in [0.2, 0.25) is 0 Å². The number of nitrogens with two attached hydrogens (primary N) is 1. The average Bonchev–Trinajstić information content (AvgIpc) is 2.86. The molecule has 17 heavy (non-hydrogen) atoms. The third-order valence-corrected chi connectivity index (χ3v) is 4.21. The Morgan fingerprint density at radius 3 is 2.82 bits per heavy atom. The summed E-state index contributed by atoms with van der Waals surface area (Å²) >= 11 is 1.74. The SMILES string of the molecule is CCc1cc(CC(N)c2sccc2C)n(C)n1. The van der Waals surface area contributed by atoms with E-state index in [4.69, 9.17) is 5.73 Å². The minimum Gasteiger partial charge on any atom is -0.323 e. The monoisotopic (exact) mass is 249 g/mol. The largest absolute Gasteiger partial charge is 0.323 e. The summed E-state index contributed by atoms with van der Waals surface area (Å²) < 4.78 is 1.95. The molecule has 4 heteroatoms. The Morgan fingerprint density at radius 2 is 2.29 bits per heavy atom. The fraction of sp³-hybridized carbons (Fsp3) is 0.462. The summed E-state index contributed by atoms with van der Waals surface area (Å²) in [7, 11) is 1.99. The quantitative estimate of drug-likeness (QED) is 0.905. The second-order valence-corrected chi connectivity index (χ2v) is 5.33. The van der Waals surface area contributed by atoms with Gasteiger partial charge in [-0.05, 0) is 36.4 Å². The molecule has 0 bridgehead atoms. The van der Waals surface area contributed by atoms with E-state index in [-0.39, 0.29) is 6.04 Å². The number of hydrogen-bond acceptors (Lipinski definition) is 3. The molecule has 0 fully saturated rings. The molecule has 1 atom stereocenters. The molecule has 0 aliphatic carbocycles. The van der Waals surface area contributed by atoms with Crippen LogP contribution < -0.4 is 5.73 Å². The molecule has 2 N–H and O–H groups in total. The standard InChI is InChI=1S/C13H19N3S/c1-4-10-7-11(16(3)15-10)8-12(14)13-9(2)5-6-17-13/h5-7,12H,4,8,14H2,1-3H3. The molecule has 2 rings (SSSR count). The van der Waals surface area contributed by atoms with Gasteiger partial charge in [-0.3, -0.25) is 4.68 Å². The fourth-order valence-electron chi connectivity index (χ4n) is 2.02. The predicted molar refractivity (Wildman–Crippen MR) is 72.3 cm³/mol. The Morgan fingerprint density at radius 1 is 1.53 bits per heavy atom. The molecule has 1 unspecified atom stereocenters. The number of nitrogens with zero attached hydrogens (tertiary/aromatic N) is 2. The molecule has 0 aliphatic heterocycles. The molecular weight excluding hydrogens is 230 g/mol. The van der Waals surface area contributed by atoms with Gasteiger partial charge in [0.25, 0.3) is 0 Å². The zero-order valence-corrected chi connectivity index (χ0v) is 11.4. The van der Waals surface area contributed by atoms with E-state index in [1.165, 1.54) is 16.1 Å². The number of thiophene rings is 1. The van der Waals surface area contributed by atoms with E-state index in [9.17, 15) is 0 Å². The Hall–Kier alpha value is -1.13. The smallest absolute Gasteiger partial charge is 0.0624 e. The van der Waals surface area contributed by atoms with Crippen molar-refractivity contribution in [3.8, 4) is 0 Å². The van der Waals surface area contributed by atoms with Gasteiger partial charge in [0.15, 0.2) is 0 Å². The van der Waals surface area contributed by atoms with Crippen LogP contribution in [0.1, 0.15) is 34.8 Å². The lowest BCUT2D eigenvalue weighted by Gasteiger charge is -2.11. The summed E-state index contributed by atoms with van der Waals surface area (Å²) in [5, 5.41) is 6.55. The summed E-state index contributed by atoms with van der Waals surface area (Å²) in [6.07, 6.45) is 1.83. The van der Waals surface area contributed by atoms with Gasteiger partial charge >= 0.3 is 0 Å². The first-order valence-corrected chi connectivity index (χ1v) is 6.81. The molecule has 0 saturated heterocycles. The predicted octanol–water partition coefficient (Wildman–Crippen LogP) is 2.59. The lowest BCUT2D eigenvalue weighted by molar-refractivity contribution is 0.642. The van der Waals surface area contributed by atoms with Gasteiger partial charge in [-0.15, -0.1) is 11.3 Å². The van der Waals surface area contributed by atoms with Crippen LogP contribution >= 0.6 is 11.3 Å². The highest BCUT2D eigenvalue weighted by molar-refractivity contribution is 7.10. The lowest BCUT2D eigenvalue weighted by atomic mass is 10.1. The Bertz CT molecular complexity index is 498. The molecule has 2 aromatic rings. The second kappa shape index (κ2) is 5.02. The van der Waals surface area contributed by atoms with Crippen LogP contribution in [0.5, 0.6) is 0 Å². The Kier molecular flexibility index (Phi) is 3.64. The minimum atomic E-state index is 0.0788. The van der Waals surface area contributed by atoms with Crippen molar-refractivity contribution in [1.29, 1.82) is 0 Å². The van der Waals surface area contributed by atoms with Crippen LogP contribution in [-0.2, 0) is 19.9 Å². The molecular formula is C13H19N3S. The van der Waals surface area contributed by atoms with Crippen molar-refractivity contribution in [1.82, 2.24) is 9.78 Å². The average molecular weight is 249 g/mol. The summed E-state index contributed by atoms with van der Waals surface area (Å²) in [6.45, 7) is 4.24. The molecule has 0 amide bonds. The maximum absolute atomic E-state index is 6.26. The van der Waals surface area contributed by atoms with E-state index in [1.54, 1.807) is 11.3 Å². The van der Waals surface area contributed by atoms with Crippen molar-refractivity contribution in [2.24, 2.45) is 12.8 Å². The highest BCUT2D eigenvalue weighted by Gasteiger charge is 2.14. The van der Waals surface area contributed by atoms with E-state index in [0.29, 0.717) is 0 Å². The lowest BCUT2D eigenvalue weighted by Crippen LogP contribution is -2.15. The molecule has 0 spiro atoms. The highest BCUT2D eigenvalue weighted by Crippen LogP contribution is 2.25. The van der Waals surface area contributed by atoms with Crippen LogP contribution in [0.15, 0.2) is 17.5 Å². The van der Waals surface area contributed by atoms with Crippen molar-refractivity contribution in [2.75, 3.05) is 0 Å². The topological polar surface area (TPSA) is 43.8 Å². The van der Waals surface area contributed by atoms with Gasteiger partial charge in [0.1, 0.15) is 0 Å². The molecule has 2 aromatic heterocycles. The number of rotatable bonds is 4. The van der Waals surface area contributed by atoms with Crippen molar-refractivity contribution >= 4 is 11.3 Å². The normalized spacial score (nSPS) is 12.9. The zero-order valence-electron chi connectivity index (χ0n) is 10.6. The summed E-state index contributed by atoms with van der Waals surface area (Å²) in [5.74, 6) is 0. The first-order chi connectivity index (χ1) is 8.11. The minimum absolute atomic E-state index is 0.0788. The molecule has 2 heterocycles. The molecule has 3 nitrogen and oxygen atoms in total. The Balaban J connectivity index is 2.15. The van der Waals surface area contributed by atoms with Gasteiger partial charge in [0, 0.05) is 30.1 Å². The van der Waals surface area contributed by atoms with Crippen molar-refractivity contribution < 1.29 is 0 Å². The first kappa shape index (κ1) is 12.3. The summed E-state index contributed by atoms with van der Waals surface area (Å²) in [4.78, 5) is 1.28. The van der Waals surface area contributed by atoms with E-state index < -0.39 is 0 Å². The van der Waals surface area contributed by atoms with Crippen LogP contribution in [0.4, 0.5) is 0 Å². The van der Waals surface area contributed by atoms with Crippen LogP contribution in [-0.4, -0.2) is 9.78 Å². The molecule has 0 saturated carbocycles. The van der Waals surface area contributed by atoms with Gasteiger partial charge in [0.05, 0.1) is 5.69 Å². The molecule has 0 radical (unpaired) electrons. The number of aromatic nitrogens is 2. The fourth-order valence-corrected chi connectivity index (χ4v) is 2.95. The third kappa shape index (κ3) is 2.58. The van der Waals surface area contributed by atoms with Crippen LogP contribution in [0.25, 0.3) is 0 Å². The van der Waals surface area contributed by atoms with Crippen molar-refractivity contribution in [3.63, 3.8) is 0 Å². The molecule has 92 valence electrons. The Labute approximate surface area is 106 Å². The number of aryl methyl sites for hydroxylation is 3. The van der Waals surface area contributed by atoms with Gasteiger partial charge in [0.2, 0.25) is 0 Å². The zero-order chi connectivity index (χ0) is 12.4. The van der Waals surface area contributed by atoms with Crippen LogP contribution in [0.3, 0.4) is 0 Å². The maximum Gasteiger partial charge on any atom is 0.0624 e.